The number of benzene rings is 4. The molecule has 0 amide bonds. The van der Waals surface area contributed by atoms with Crippen LogP contribution < -0.4 is 4.74 Å². The van der Waals surface area contributed by atoms with Gasteiger partial charge in [0.2, 0.25) is 0 Å². The lowest BCUT2D eigenvalue weighted by Crippen LogP contribution is -2.14. The minimum absolute atomic E-state index is 0.0860. The zero-order chi connectivity index (χ0) is 26.5. The Kier molecular flexibility index (Phi) is 6.36. The molecule has 2 N–H and O–H groups in total. The van der Waals surface area contributed by atoms with Crippen LogP contribution in [0.3, 0.4) is 0 Å². The Hall–Kier alpha value is -3.57. The van der Waals surface area contributed by atoms with Crippen LogP contribution in [0.5, 0.6) is 11.5 Å². The van der Waals surface area contributed by atoms with Crippen molar-refractivity contribution in [1.29, 1.82) is 0 Å². The van der Waals surface area contributed by atoms with E-state index in [0.717, 1.165) is 43.0 Å². The molecule has 0 spiro atoms. The quantitative estimate of drug-likeness (QED) is 0.171. The molecule has 1 aromatic heterocycles. The molecule has 0 unspecified atom stereocenters. The van der Waals surface area contributed by atoms with Crippen LogP contribution in [0.25, 0.3) is 32.8 Å². The number of carbonyl (C=O) groups is 1. The fourth-order valence-electron chi connectivity index (χ4n) is 4.94. The predicted octanol–water partition coefficient (Wildman–Crippen LogP) is 9.10. The number of fused-ring (bicyclic) bond motifs is 2. The summed E-state index contributed by atoms with van der Waals surface area (Å²) in [5, 5.41) is 14.5. The van der Waals surface area contributed by atoms with Gasteiger partial charge in [-0.3, -0.25) is 0 Å². The lowest BCUT2D eigenvalue weighted by atomic mass is 9.84. The highest BCUT2D eigenvalue weighted by atomic mass is 79.9. The SMILES string of the molecule is CC(C)c1ccccc1OC(=O)c1cc2cc(Br)ccc2c(-c2c(C(C)(C)C)[nH]c3ccccc23)c1O. The van der Waals surface area contributed by atoms with Gasteiger partial charge < -0.3 is 14.8 Å². The van der Waals surface area contributed by atoms with Gasteiger partial charge in [-0.2, -0.15) is 0 Å². The van der Waals surface area contributed by atoms with E-state index in [1.807, 2.05) is 60.7 Å². The third kappa shape index (κ3) is 4.53. The number of para-hydroxylation sites is 2. The van der Waals surface area contributed by atoms with Gasteiger partial charge in [-0.15, -0.1) is 0 Å². The Morgan fingerprint density at radius 1 is 0.919 bits per heavy atom. The number of ether oxygens (including phenoxy) is 1. The van der Waals surface area contributed by atoms with E-state index >= 15 is 0 Å². The number of phenols is 1. The largest absolute Gasteiger partial charge is 0.506 e. The van der Waals surface area contributed by atoms with Crippen LogP contribution in [0.1, 0.15) is 62.2 Å². The lowest BCUT2D eigenvalue weighted by Gasteiger charge is -2.22. The number of aromatic nitrogens is 1. The van der Waals surface area contributed by atoms with Crippen molar-refractivity contribution < 1.29 is 14.6 Å². The number of aromatic amines is 1. The monoisotopic (exact) mass is 555 g/mol. The molecule has 5 aromatic rings. The Balaban J connectivity index is 1.79. The van der Waals surface area contributed by atoms with Crippen LogP contribution in [-0.2, 0) is 5.41 Å². The van der Waals surface area contributed by atoms with Crippen molar-refractivity contribution in [2.45, 2.75) is 46.0 Å². The van der Waals surface area contributed by atoms with Crippen molar-refractivity contribution in [3.63, 3.8) is 0 Å². The van der Waals surface area contributed by atoms with Crippen molar-refractivity contribution in [3.8, 4) is 22.6 Å². The number of esters is 1. The fraction of sp³-hybridized carbons (Fsp3) is 0.219. The number of carbonyl (C=O) groups excluding carboxylic acids is 1. The van der Waals surface area contributed by atoms with Gasteiger partial charge >= 0.3 is 5.97 Å². The molecule has 0 aliphatic carbocycles. The van der Waals surface area contributed by atoms with E-state index in [2.05, 4.69) is 55.5 Å². The molecule has 4 nitrogen and oxygen atoms in total. The van der Waals surface area contributed by atoms with Gasteiger partial charge in [-0.05, 0) is 52.6 Å². The molecule has 0 radical (unpaired) electrons. The maximum absolute atomic E-state index is 13.6. The molecule has 0 aliphatic heterocycles. The molecule has 1 heterocycles. The molecule has 0 saturated carbocycles. The molecule has 0 saturated heterocycles. The maximum atomic E-state index is 13.6. The Bertz CT molecular complexity index is 1660. The average molecular weight is 557 g/mol. The van der Waals surface area contributed by atoms with Gasteiger partial charge in [0.15, 0.2) is 0 Å². The third-order valence-corrected chi connectivity index (χ3v) is 7.24. The molecule has 4 aromatic carbocycles. The first-order chi connectivity index (χ1) is 17.6. The van der Waals surface area contributed by atoms with Crippen molar-refractivity contribution >= 4 is 43.6 Å². The number of H-pyrrole nitrogens is 1. The summed E-state index contributed by atoms with van der Waals surface area (Å²) in [6.07, 6.45) is 0. The number of hydrogen-bond donors (Lipinski definition) is 2. The number of phenolic OH excluding ortho intramolecular Hbond substituents is 1. The molecule has 5 rings (SSSR count). The highest BCUT2D eigenvalue weighted by Gasteiger charge is 2.29. The zero-order valence-corrected chi connectivity index (χ0v) is 23.2. The first-order valence-corrected chi connectivity index (χ1v) is 13.2. The number of rotatable bonds is 4. The van der Waals surface area contributed by atoms with Gasteiger partial charge in [-0.1, -0.05) is 93.0 Å². The van der Waals surface area contributed by atoms with Gasteiger partial charge in [0.1, 0.15) is 17.1 Å². The van der Waals surface area contributed by atoms with Crippen LogP contribution in [0.4, 0.5) is 0 Å². The Labute approximate surface area is 225 Å². The molecule has 0 atom stereocenters. The summed E-state index contributed by atoms with van der Waals surface area (Å²) in [5.41, 5.74) is 4.31. The third-order valence-electron chi connectivity index (χ3n) is 6.74. The van der Waals surface area contributed by atoms with Crippen LogP contribution in [0.2, 0.25) is 0 Å². The second-order valence-electron chi connectivity index (χ2n) is 10.8. The first kappa shape index (κ1) is 25.1. The fourth-order valence-corrected chi connectivity index (χ4v) is 5.32. The summed E-state index contributed by atoms with van der Waals surface area (Å²) in [7, 11) is 0. The summed E-state index contributed by atoms with van der Waals surface area (Å²) in [6, 6.07) is 23.2. The summed E-state index contributed by atoms with van der Waals surface area (Å²) < 4.78 is 6.78. The second kappa shape index (κ2) is 9.38. The van der Waals surface area contributed by atoms with E-state index < -0.39 is 5.97 Å². The molecule has 188 valence electrons. The molecule has 37 heavy (non-hydrogen) atoms. The minimum atomic E-state index is -0.592. The molecular weight excluding hydrogens is 526 g/mol. The average Bonchev–Trinajstić information content (AvgIpc) is 3.24. The molecule has 0 bridgehead atoms. The molecule has 0 aliphatic rings. The van der Waals surface area contributed by atoms with Gasteiger partial charge in [0.25, 0.3) is 0 Å². The van der Waals surface area contributed by atoms with E-state index in [9.17, 15) is 9.90 Å². The van der Waals surface area contributed by atoms with Crippen molar-refractivity contribution in [2.24, 2.45) is 0 Å². The number of nitrogens with one attached hydrogen (secondary N) is 1. The smallest absolute Gasteiger partial charge is 0.347 e. The Morgan fingerprint density at radius 3 is 2.35 bits per heavy atom. The van der Waals surface area contributed by atoms with Gasteiger partial charge in [-0.25, -0.2) is 4.79 Å². The molecule has 5 heteroatoms. The van der Waals surface area contributed by atoms with E-state index in [4.69, 9.17) is 4.74 Å². The summed E-state index contributed by atoms with van der Waals surface area (Å²) in [4.78, 5) is 17.2. The highest BCUT2D eigenvalue weighted by Crippen LogP contribution is 2.47. The zero-order valence-electron chi connectivity index (χ0n) is 21.6. The normalized spacial score (nSPS) is 12.0. The second-order valence-corrected chi connectivity index (χ2v) is 11.7. The van der Waals surface area contributed by atoms with Gasteiger partial charge in [0, 0.05) is 37.6 Å². The van der Waals surface area contributed by atoms with Crippen molar-refractivity contribution in [3.05, 3.63) is 94.1 Å². The highest BCUT2D eigenvalue weighted by molar-refractivity contribution is 9.10. The van der Waals surface area contributed by atoms with Crippen LogP contribution in [0.15, 0.2) is 77.3 Å². The minimum Gasteiger partial charge on any atom is -0.506 e. The van der Waals surface area contributed by atoms with Gasteiger partial charge in [0.05, 0.1) is 0 Å². The summed E-state index contributed by atoms with van der Waals surface area (Å²) >= 11 is 3.57. The van der Waals surface area contributed by atoms with Crippen LogP contribution >= 0.6 is 15.9 Å². The van der Waals surface area contributed by atoms with Crippen LogP contribution in [-0.4, -0.2) is 16.1 Å². The summed E-state index contributed by atoms with van der Waals surface area (Å²) in [6.45, 7) is 10.5. The topological polar surface area (TPSA) is 62.3 Å². The van der Waals surface area contributed by atoms with E-state index in [0.29, 0.717) is 11.3 Å². The van der Waals surface area contributed by atoms with E-state index in [-0.39, 0.29) is 22.6 Å². The molecular formula is C32H30BrNO3. The number of hydrogen-bond acceptors (Lipinski definition) is 3. The number of aromatic hydroxyl groups is 1. The summed E-state index contributed by atoms with van der Waals surface area (Å²) in [5.74, 6) is 0.00419. The van der Waals surface area contributed by atoms with Crippen molar-refractivity contribution in [2.75, 3.05) is 0 Å². The maximum Gasteiger partial charge on any atom is 0.347 e. The van der Waals surface area contributed by atoms with E-state index in [1.165, 1.54) is 0 Å². The lowest BCUT2D eigenvalue weighted by molar-refractivity contribution is 0.0730. The Morgan fingerprint density at radius 2 is 1.62 bits per heavy atom. The van der Waals surface area contributed by atoms with Crippen LogP contribution in [0, 0.1) is 0 Å². The first-order valence-electron chi connectivity index (χ1n) is 12.4. The predicted molar refractivity (Wildman–Crippen MR) is 155 cm³/mol. The number of halogens is 1. The molecule has 0 fully saturated rings. The van der Waals surface area contributed by atoms with Crippen molar-refractivity contribution in [1.82, 2.24) is 4.98 Å². The van der Waals surface area contributed by atoms with E-state index in [1.54, 1.807) is 12.1 Å². The standard InChI is InChI=1S/C32H30BrNO3/c1-18(2)21-10-7-9-13-26(21)37-31(36)24-17-19-16-20(33)14-15-22(19)27(29(24)35)28-23-11-6-8-12-25(23)34-30(28)32(3,4)5/h6-18,34-35H,1-5H3.